The van der Waals surface area contributed by atoms with Crippen molar-refractivity contribution >= 4 is 33.5 Å². The molecular formula is C14H9BrFNO4. The Bertz CT molecular complexity index is 733. The Labute approximate surface area is 127 Å². The number of amides is 1. The molecule has 0 heterocycles. The number of nitrogens with one attached hydrogen (secondary N) is 1. The van der Waals surface area contributed by atoms with Crippen LogP contribution in [0.4, 0.5) is 10.1 Å². The van der Waals surface area contributed by atoms with Crippen LogP contribution in [0.15, 0.2) is 40.9 Å². The van der Waals surface area contributed by atoms with Gasteiger partial charge in [0.2, 0.25) is 0 Å². The molecule has 2 aromatic carbocycles. The second kappa shape index (κ2) is 5.92. The molecule has 0 saturated heterocycles. The Hall–Kier alpha value is -2.41. The fraction of sp³-hybridized carbons (Fsp3) is 0. The molecule has 108 valence electrons. The van der Waals surface area contributed by atoms with Crippen molar-refractivity contribution in [1.82, 2.24) is 0 Å². The van der Waals surface area contributed by atoms with Crippen molar-refractivity contribution in [3.05, 3.63) is 57.8 Å². The third kappa shape index (κ3) is 3.38. The first-order valence-corrected chi connectivity index (χ1v) is 6.50. The number of halogens is 2. The molecule has 7 heteroatoms. The summed E-state index contributed by atoms with van der Waals surface area (Å²) in [5.74, 6) is -2.76. The number of benzene rings is 2. The molecule has 21 heavy (non-hydrogen) atoms. The van der Waals surface area contributed by atoms with Gasteiger partial charge in [0, 0.05) is 5.56 Å². The van der Waals surface area contributed by atoms with Crippen LogP contribution in [0.3, 0.4) is 0 Å². The third-order valence-electron chi connectivity index (χ3n) is 2.67. The van der Waals surface area contributed by atoms with E-state index >= 15 is 0 Å². The SMILES string of the molecule is O=C(Nc1cc(F)ccc1C(=O)O)c1ccc(Br)c(O)c1. The minimum atomic E-state index is -1.29. The molecule has 1 amide bonds. The second-order valence-corrected chi connectivity index (χ2v) is 4.97. The van der Waals surface area contributed by atoms with Crippen molar-refractivity contribution in [3.8, 4) is 5.75 Å². The minimum Gasteiger partial charge on any atom is -0.507 e. The molecule has 0 atom stereocenters. The number of hydrogen-bond donors (Lipinski definition) is 3. The molecule has 0 bridgehead atoms. The smallest absolute Gasteiger partial charge is 0.337 e. The number of anilines is 1. The summed E-state index contributed by atoms with van der Waals surface area (Å²) in [6.07, 6.45) is 0. The van der Waals surface area contributed by atoms with Crippen LogP contribution < -0.4 is 5.32 Å². The average molecular weight is 354 g/mol. The fourth-order valence-electron chi connectivity index (χ4n) is 1.65. The van der Waals surface area contributed by atoms with Crippen molar-refractivity contribution < 1.29 is 24.2 Å². The van der Waals surface area contributed by atoms with Gasteiger partial charge in [0.1, 0.15) is 11.6 Å². The van der Waals surface area contributed by atoms with E-state index in [-0.39, 0.29) is 22.6 Å². The Morgan fingerprint density at radius 3 is 2.48 bits per heavy atom. The molecule has 0 fully saturated rings. The summed E-state index contributed by atoms with van der Waals surface area (Å²) < 4.78 is 13.6. The molecule has 0 aliphatic rings. The van der Waals surface area contributed by atoms with E-state index in [4.69, 9.17) is 5.11 Å². The maximum Gasteiger partial charge on any atom is 0.337 e. The zero-order valence-corrected chi connectivity index (χ0v) is 12.0. The van der Waals surface area contributed by atoms with E-state index in [0.717, 1.165) is 18.2 Å². The highest BCUT2D eigenvalue weighted by molar-refractivity contribution is 9.10. The summed E-state index contributed by atoms with van der Waals surface area (Å²) in [6.45, 7) is 0. The van der Waals surface area contributed by atoms with Crippen LogP contribution >= 0.6 is 15.9 Å². The Morgan fingerprint density at radius 2 is 1.86 bits per heavy atom. The lowest BCUT2D eigenvalue weighted by Crippen LogP contribution is -2.15. The lowest BCUT2D eigenvalue weighted by Gasteiger charge is -2.09. The first kappa shape index (κ1) is 15.0. The first-order chi connectivity index (χ1) is 9.88. The van der Waals surface area contributed by atoms with Crippen LogP contribution in [0.2, 0.25) is 0 Å². The van der Waals surface area contributed by atoms with Gasteiger partial charge >= 0.3 is 5.97 Å². The van der Waals surface area contributed by atoms with E-state index < -0.39 is 17.7 Å². The van der Waals surface area contributed by atoms with Gasteiger partial charge in [0.05, 0.1) is 15.7 Å². The summed E-state index contributed by atoms with van der Waals surface area (Å²) in [5, 5.41) is 20.8. The van der Waals surface area contributed by atoms with Crippen LogP contribution in [0.1, 0.15) is 20.7 Å². The standard InChI is InChI=1S/C14H9BrFNO4/c15-10-4-1-7(5-12(10)18)13(19)17-11-6-8(16)2-3-9(11)14(20)21/h1-6,18H,(H,17,19)(H,20,21). The normalized spacial score (nSPS) is 10.2. The monoisotopic (exact) mass is 353 g/mol. The van der Waals surface area contributed by atoms with E-state index in [1.54, 1.807) is 0 Å². The number of aromatic carboxylic acids is 1. The first-order valence-electron chi connectivity index (χ1n) is 5.71. The number of rotatable bonds is 3. The topological polar surface area (TPSA) is 86.6 Å². The molecule has 2 aromatic rings. The number of phenolic OH excluding ortho intramolecular Hbond substituents is 1. The second-order valence-electron chi connectivity index (χ2n) is 4.12. The van der Waals surface area contributed by atoms with Crippen molar-refractivity contribution in [2.24, 2.45) is 0 Å². The van der Waals surface area contributed by atoms with Gasteiger partial charge in [-0.2, -0.15) is 0 Å². The van der Waals surface area contributed by atoms with Crippen molar-refractivity contribution in [1.29, 1.82) is 0 Å². The average Bonchev–Trinajstić information content (AvgIpc) is 2.41. The number of aromatic hydroxyl groups is 1. The lowest BCUT2D eigenvalue weighted by molar-refractivity contribution is 0.0698. The number of carbonyl (C=O) groups excluding carboxylic acids is 1. The summed E-state index contributed by atoms with van der Waals surface area (Å²) in [6, 6.07) is 7.07. The maximum atomic E-state index is 13.2. The number of carboxylic acid groups (broad SMARTS) is 1. The van der Waals surface area contributed by atoms with Crippen LogP contribution in [-0.2, 0) is 0 Å². The van der Waals surface area contributed by atoms with E-state index in [9.17, 15) is 19.1 Å². The van der Waals surface area contributed by atoms with Crippen LogP contribution in [0.25, 0.3) is 0 Å². The number of carbonyl (C=O) groups is 2. The van der Waals surface area contributed by atoms with Crippen molar-refractivity contribution in [3.63, 3.8) is 0 Å². The zero-order chi connectivity index (χ0) is 15.6. The van der Waals surface area contributed by atoms with E-state index in [2.05, 4.69) is 21.2 Å². The highest BCUT2D eigenvalue weighted by atomic mass is 79.9. The summed E-state index contributed by atoms with van der Waals surface area (Å²) in [7, 11) is 0. The van der Waals surface area contributed by atoms with E-state index in [0.29, 0.717) is 4.47 Å². The summed E-state index contributed by atoms with van der Waals surface area (Å²) >= 11 is 3.08. The van der Waals surface area contributed by atoms with E-state index in [1.807, 2.05) is 0 Å². The highest BCUT2D eigenvalue weighted by Crippen LogP contribution is 2.25. The van der Waals surface area contributed by atoms with Gasteiger partial charge in [-0.15, -0.1) is 0 Å². The predicted octanol–water partition coefficient (Wildman–Crippen LogP) is 3.24. The molecule has 2 rings (SSSR count). The molecule has 0 aliphatic heterocycles. The Balaban J connectivity index is 2.33. The largest absolute Gasteiger partial charge is 0.507 e. The summed E-state index contributed by atoms with van der Waals surface area (Å²) in [4.78, 5) is 23.0. The fourth-order valence-corrected chi connectivity index (χ4v) is 1.90. The van der Waals surface area contributed by atoms with Gasteiger partial charge in [-0.3, -0.25) is 4.79 Å². The van der Waals surface area contributed by atoms with Crippen LogP contribution in [-0.4, -0.2) is 22.1 Å². The number of hydrogen-bond acceptors (Lipinski definition) is 3. The third-order valence-corrected chi connectivity index (χ3v) is 3.34. The van der Waals surface area contributed by atoms with Crippen molar-refractivity contribution in [2.45, 2.75) is 0 Å². The predicted molar refractivity (Wildman–Crippen MR) is 77.1 cm³/mol. The zero-order valence-electron chi connectivity index (χ0n) is 10.4. The molecule has 0 radical (unpaired) electrons. The molecule has 0 spiro atoms. The quantitative estimate of drug-likeness (QED) is 0.790. The molecule has 0 saturated carbocycles. The molecule has 0 unspecified atom stereocenters. The Morgan fingerprint density at radius 1 is 1.14 bits per heavy atom. The highest BCUT2D eigenvalue weighted by Gasteiger charge is 2.15. The Kier molecular flexibility index (Phi) is 4.23. The van der Waals surface area contributed by atoms with Gasteiger partial charge < -0.3 is 15.5 Å². The molecule has 5 nitrogen and oxygen atoms in total. The van der Waals surface area contributed by atoms with Gasteiger partial charge in [-0.1, -0.05) is 0 Å². The molecule has 0 aromatic heterocycles. The van der Waals surface area contributed by atoms with Gasteiger partial charge in [0.15, 0.2) is 0 Å². The van der Waals surface area contributed by atoms with Gasteiger partial charge in [-0.25, -0.2) is 9.18 Å². The van der Waals surface area contributed by atoms with Gasteiger partial charge in [0.25, 0.3) is 5.91 Å². The summed E-state index contributed by atoms with van der Waals surface area (Å²) in [5.41, 5.74) is -0.280. The molecule has 0 aliphatic carbocycles. The minimum absolute atomic E-state index is 0.108. The lowest BCUT2D eigenvalue weighted by atomic mass is 10.1. The van der Waals surface area contributed by atoms with Crippen LogP contribution in [0.5, 0.6) is 5.75 Å². The van der Waals surface area contributed by atoms with E-state index in [1.165, 1.54) is 18.2 Å². The van der Waals surface area contributed by atoms with Crippen molar-refractivity contribution in [2.75, 3.05) is 5.32 Å². The molecule has 3 N–H and O–H groups in total. The maximum absolute atomic E-state index is 13.2. The molecular weight excluding hydrogens is 345 g/mol. The van der Waals surface area contributed by atoms with Crippen LogP contribution in [0, 0.1) is 5.82 Å². The van der Waals surface area contributed by atoms with Gasteiger partial charge in [-0.05, 0) is 52.3 Å². The number of phenols is 1. The number of carboxylic acids is 1.